The van der Waals surface area contributed by atoms with Gasteiger partial charge in [0, 0.05) is 5.92 Å². The minimum Gasteiger partial charge on any atom is -0.391 e. The van der Waals surface area contributed by atoms with E-state index >= 15 is 0 Å². The molecule has 13 heavy (non-hydrogen) atoms. The Kier molecular flexibility index (Phi) is 3.31. The molecule has 76 valence electrons. The van der Waals surface area contributed by atoms with Crippen molar-refractivity contribution in [1.82, 2.24) is 5.32 Å². The summed E-state index contributed by atoms with van der Waals surface area (Å²) in [6.07, 6.45) is 1.53. The third-order valence-corrected chi connectivity index (χ3v) is 2.84. The van der Waals surface area contributed by atoms with Gasteiger partial charge in [-0.3, -0.25) is 4.79 Å². The summed E-state index contributed by atoms with van der Waals surface area (Å²) in [5, 5.41) is 12.0. The van der Waals surface area contributed by atoms with Crippen LogP contribution in [0, 0.1) is 11.8 Å². The molecule has 0 heterocycles. The summed E-state index contributed by atoms with van der Waals surface area (Å²) in [6.45, 7) is 5.67. The van der Waals surface area contributed by atoms with E-state index in [1.165, 1.54) is 0 Å². The van der Waals surface area contributed by atoms with E-state index < -0.39 is 6.10 Å². The fourth-order valence-electron chi connectivity index (χ4n) is 1.58. The summed E-state index contributed by atoms with van der Waals surface area (Å²) in [6, 6.07) is -0.136. The molecule has 0 spiro atoms. The number of aliphatic hydroxyl groups is 1. The van der Waals surface area contributed by atoms with Crippen LogP contribution >= 0.6 is 0 Å². The van der Waals surface area contributed by atoms with E-state index in [0.717, 1.165) is 12.8 Å². The first-order valence-corrected chi connectivity index (χ1v) is 4.99. The van der Waals surface area contributed by atoms with E-state index in [2.05, 4.69) is 12.2 Å². The number of carbonyl (C=O) groups excluding carboxylic acids is 1. The van der Waals surface area contributed by atoms with Gasteiger partial charge >= 0.3 is 0 Å². The average molecular weight is 185 g/mol. The molecular weight excluding hydrogens is 166 g/mol. The van der Waals surface area contributed by atoms with Crippen molar-refractivity contribution in [2.45, 2.75) is 45.8 Å². The first-order valence-electron chi connectivity index (χ1n) is 4.99. The molecule has 0 aromatic carbocycles. The molecule has 0 aromatic heterocycles. The monoisotopic (exact) mass is 185 g/mol. The molecule has 3 heteroatoms. The highest BCUT2D eigenvalue weighted by Crippen LogP contribution is 2.33. The summed E-state index contributed by atoms with van der Waals surface area (Å²) in [4.78, 5) is 11.5. The molecule has 1 saturated carbocycles. The Bertz CT molecular complexity index is 185. The van der Waals surface area contributed by atoms with E-state index in [9.17, 15) is 9.90 Å². The summed E-state index contributed by atoms with van der Waals surface area (Å²) < 4.78 is 0. The van der Waals surface area contributed by atoms with Crippen molar-refractivity contribution >= 4 is 5.91 Å². The van der Waals surface area contributed by atoms with E-state index in [0.29, 0.717) is 5.92 Å². The van der Waals surface area contributed by atoms with Crippen LogP contribution in [0.1, 0.15) is 33.6 Å². The number of hydrogen-bond acceptors (Lipinski definition) is 2. The van der Waals surface area contributed by atoms with Gasteiger partial charge in [0.1, 0.15) is 0 Å². The Morgan fingerprint density at radius 3 is 2.38 bits per heavy atom. The van der Waals surface area contributed by atoms with Crippen molar-refractivity contribution in [1.29, 1.82) is 0 Å². The van der Waals surface area contributed by atoms with Gasteiger partial charge in [-0.2, -0.15) is 0 Å². The maximum atomic E-state index is 11.5. The molecule has 1 aliphatic carbocycles. The van der Waals surface area contributed by atoms with Crippen LogP contribution in [0.2, 0.25) is 0 Å². The molecule has 1 aliphatic rings. The van der Waals surface area contributed by atoms with Gasteiger partial charge in [0.05, 0.1) is 12.1 Å². The lowest BCUT2D eigenvalue weighted by Crippen LogP contribution is -2.45. The molecule has 2 unspecified atom stereocenters. The summed E-state index contributed by atoms with van der Waals surface area (Å²) >= 11 is 0. The maximum Gasteiger partial charge on any atom is 0.223 e. The predicted octanol–water partition coefficient (Wildman–Crippen LogP) is 0.918. The van der Waals surface area contributed by atoms with E-state index in [4.69, 9.17) is 0 Å². The lowest BCUT2D eigenvalue weighted by molar-refractivity contribution is -0.130. The molecule has 2 N–H and O–H groups in total. The molecule has 3 nitrogen and oxygen atoms in total. The zero-order valence-electron chi connectivity index (χ0n) is 8.58. The molecule has 0 radical (unpaired) electrons. The minimum absolute atomic E-state index is 0.103. The van der Waals surface area contributed by atoms with Gasteiger partial charge in [0.15, 0.2) is 0 Å². The summed E-state index contributed by atoms with van der Waals surface area (Å²) in [5.74, 6) is 0.986. The van der Waals surface area contributed by atoms with Crippen molar-refractivity contribution in [3.05, 3.63) is 0 Å². The highest BCUT2D eigenvalue weighted by atomic mass is 16.3. The first-order chi connectivity index (χ1) is 6.00. The van der Waals surface area contributed by atoms with Crippen LogP contribution in [-0.2, 0) is 4.79 Å². The lowest BCUT2D eigenvalue weighted by atomic mass is 9.75. The smallest absolute Gasteiger partial charge is 0.223 e. The van der Waals surface area contributed by atoms with Crippen LogP contribution in [0.3, 0.4) is 0 Å². The second-order valence-corrected chi connectivity index (χ2v) is 4.31. The molecule has 0 saturated heterocycles. The van der Waals surface area contributed by atoms with Crippen molar-refractivity contribution in [3.8, 4) is 0 Å². The van der Waals surface area contributed by atoms with Crippen LogP contribution in [0.25, 0.3) is 0 Å². The quantitative estimate of drug-likeness (QED) is 0.687. The molecular formula is C10H19NO2. The van der Waals surface area contributed by atoms with Crippen LogP contribution in [0.4, 0.5) is 0 Å². The molecule has 1 rings (SSSR count). The number of rotatable bonds is 3. The van der Waals surface area contributed by atoms with Gasteiger partial charge in [-0.1, -0.05) is 6.92 Å². The second kappa shape index (κ2) is 4.09. The Morgan fingerprint density at radius 2 is 2.00 bits per heavy atom. The van der Waals surface area contributed by atoms with Crippen molar-refractivity contribution in [3.63, 3.8) is 0 Å². The summed E-state index contributed by atoms with van der Waals surface area (Å²) in [5.41, 5.74) is 0. The molecule has 0 aliphatic heterocycles. The van der Waals surface area contributed by atoms with Gasteiger partial charge < -0.3 is 10.4 Å². The van der Waals surface area contributed by atoms with Gasteiger partial charge in [0.25, 0.3) is 0 Å². The van der Waals surface area contributed by atoms with Gasteiger partial charge in [0.2, 0.25) is 5.91 Å². The SMILES string of the molecule is CC1CC(C(=O)NC(C)C(C)O)C1. The Balaban J connectivity index is 2.25. The van der Waals surface area contributed by atoms with Gasteiger partial charge in [-0.15, -0.1) is 0 Å². The molecule has 1 fully saturated rings. The first kappa shape index (κ1) is 10.5. The van der Waals surface area contributed by atoms with Gasteiger partial charge in [-0.25, -0.2) is 0 Å². The van der Waals surface area contributed by atoms with Crippen LogP contribution in [-0.4, -0.2) is 23.2 Å². The highest BCUT2D eigenvalue weighted by molar-refractivity contribution is 5.79. The number of aliphatic hydroxyl groups excluding tert-OH is 1. The number of nitrogens with one attached hydrogen (secondary N) is 1. The fourth-order valence-corrected chi connectivity index (χ4v) is 1.58. The minimum atomic E-state index is -0.471. The zero-order valence-corrected chi connectivity index (χ0v) is 8.58. The standard InChI is InChI=1S/C10H19NO2/c1-6-4-9(5-6)10(13)11-7(2)8(3)12/h6-9,12H,4-5H2,1-3H3,(H,11,13). The number of hydrogen-bond donors (Lipinski definition) is 2. The van der Waals surface area contributed by atoms with E-state index in [1.807, 2.05) is 6.92 Å². The molecule has 0 bridgehead atoms. The average Bonchev–Trinajstić information content (AvgIpc) is 1.98. The fraction of sp³-hybridized carbons (Fsp3) is 0.900. The van der Waals surface area contributed by atoms with E-state index in [1.54, 1.807) is 6.92 Å². The predicted molar refractivity (Wildman–Crippen MR) is 51.2 cm³/mol. The second-order valence-electron chi connectivity index (χ2n) is 4.31. The van der Waals surface area contributed by atoms with Crippen molar-refractivity contribution in [2.75, 3.05) is 0 Å². The van der Waals surface area contributed by atoms with Gasteiger partial charge in [-0.05, 0) is 32.6 Å². The Morgan fingerprint density at radius 1 is 1.46 bits per heavy atom. The lowest BCUT2D eigenvalue weighted by Gasteiger charge is -2.32. The largest absolute Gasteiger partial charge is 0.391 e. The molecule has 2 atom stereocenters. The third kappa shape index (κ3) is 2.69. The van der Waals surface area contributed by atoms with E-state index in [-0.39, 0.29) is 17.9 Å². The third-order valence-electron chi connectivity index (χ3n) is 2.84. The Hall–Kier alpha value is -0.570. The Labute approximate surface area is 79.5 Å². The molecule has 1 amide bonds. The molecule has 0 aromatic rings. The topological polar surface area (TPSA) is 49.3 Å². The summed E-state index contributed by atoms with van der Waals surface area (Å²) in [7, 11) is 0. The number of amides is 1. The van der Waals surface area contributed by atoms with Crippen molar-refractivity contribution < 1.29 is 9.90 Å². The zero-order chi connectivity index (χ0) is 10.0. The van der Waals surface area contributed by atoms with Crippen LogP contribution in [0.5, 0.6) is 0 Å². The van der Waals surface area contributed by atoms with Crippen LogP contribution < -0.4 is 5.32 Å². The highest BCUT2D eigenvalue weighted by Gasteiger charge is 2.32. The number of carbonyl (C=O) groups is 1. The normalized spacial score (nSPS) is 31.7. The van der Waals surface area contributed by atoms with Crippen molar-refractivity contribution in [2.24, 2.45) is 11.8 Å². The maximum absolute atomic E-state index is 11.5. The van der Waals surface area contributed by atoms with Crippen LogP contribution in [0.15, 0.2) is 0 Å².